The van der Waals surface area contributed by atoms with Gasteiger partial charge in [-0.25, -0.2) is 4.68 Å². The van der Waals surface area contributed by atoms with Crippen molar-refractivity contribution in [2.75, 3.05) is 7.05 Å². The zero-order valence-corrected chi connectivity index (χ0v) is 12.0. The van der Waals surface area contributed by atoms with Gasteiger partial charge in [0, 0.05) is 11.8 Å². The Morgan fingerprint density at radius 3 is 2.75 bits per heavy atom. The molecule has 106 valence electrons. The number of nitrogens with zero attached hydrogens (tertiary/aromatic N) is 2. The van der Waals surface area contributed by atoms with E-state index < -0.39 is 0 Å². The summed E-state index contributed by atoms with van der Waals surface area (Å²) in [5, 5.41) is 7.83. The zero-order valence-electron chi connectivity index (χ0n) is 12.0. The molecule has 3 rings (SSSR count). The third kappa shape index (κ3) is 2.62. The molecule has 3 unspecified atom stereocenters. The molecule has 20 heavy (non-hydrogen) atoms. The molecule has 2 heterocycles. The second kappa shape index (κ2) is 5.77. The molecule has 4 heteroatoms. The van der Waals surface area contributed by atoms with E-state index in [-0.39, 0.29) is 12.1 Å². The van der Waals surface area contributed by atoms with Gasteiger partial charge in [-0.05, 0) is 38.9 Å². The quantitative estimate of drug-likeness (QED) is 0.929. The number of hydrogen-bond acceptors (Lipinski definition) is 3. The van der Waals surface area contributed by atoms with Crippen LogP contribution in [0.4, 0.5) is 0 Å². The maximum Gasteiger partial charge on any atom is 0.0775 e. The first-order valence-electron chi connectivity index (χ1n) is 7.20. The molecular formula is C16H21N3O. The van der Waals surface area contributed by atoms with E-state index in [0.29, 0.717) is 6.10 Å². The minimum absolute atomic E-state index is 0.206. The lowest BCUT2D eigenvalue weighted by Gasteiger charge is -2.21. The average molecular weight is 271 g/mol. The summed E-state index contributed by atoms with van der Waals surface area (Å²) in [5.41, 5.74) is 2.25. The molecule has 0 bridgehead atoms. The van der Waals surface area contributed by atoms with Gasteiger partial charge in [0.25, 0.3) is 0 Å². The van der Waals surface area contributed by atoms with Crippen LogP contribution in [0.2, 0.25) is 0 Å². The SMILES string of the molecule is CNC(c1cnn(-c2ccccc2)c1)C1CCC(C)O1. The standard InChI is InChI=1S/C16H21N3O/c1-12-8-9-15(20-12)16(17-2)13-10-18-19(11-13)14-6-4-3-5-7-14/h3-7,10-12,15-17H,8-9H2,1-2H3. The van der Waals surface area contributed by atoms with Gasteiger partial charge in [0.1, 0.15) is 0 Å². The van der Waals surface area contributed by atoms with Crippen LogP contribution in [0.5, 0.6) is 0 Å². The number of ether oxygens (including phenoxy) is 1. The molecule has 1 fully saturated rings. The lowest BCUT2D eigenvalue weighted by Crippen LogP contribution is -2.29. The Kier molecular flexibility index (Phi) is 3.85. The Balaban J connectivity index is 1.81. The van der Waals surface area contributed by atoms with Gasteiger partial charge in [-0.2, -0.15) is 5.10 Å². The fraction of sp³-hybridized carbons (Fsp3) is 0.438. The van der Waals surface area contributed by atoms with Crippen molar-refractivity contribution < 1.29 is 4.74 Å². The smallest absolute Gasteiger partial charge is 0.0775 e. The Bertz CT molecular complexity index is 552. The summed E-state index contributed by atoms with van der Waals surface area (Å²) < 4.78 is 7.90. The van der Waals surface area contributed by atoms with Gasteiger partial charge in [-0.1, -0.05) is 18.2 Å². The van der Waals surface area contributed by atoms with Crippen LogP contribution in [-0.4, -0.2) is 29.0 Å². The molecule has 1 aromatic carbocycles. The highest BCUT2D eigenvalue weighted by molar-refractivity contribution is 5.31. The van der Waals surface area contributed by atoms with Gasteiger partial charge in [-0.15, -0.1) is 0 Å². The third-order valence-corrected chi connectivity index (χ3v) is 3.93. The highest BCUT2D eigenvalue weighted by Gasteiger charge is 2.30. The fourth-order valence-electron chi connectivity index (χ4n) is 2.87. The minimum atomic E-state index is 0.206. The Morgan fingerprint density at radius 2 is 2.10 bits per heavy atom. The van der Waals surface area contributed by atoms with E-state index in [2.05, 4.69) is 35.7 Å². The summed E-state index contributed by atoms with van der Waals surface area (Å²) in [4.78, 5) is 0. The zero-order chi connectivity index (χ0) is 13.9. The van der Waals surface area contributed by atoms with Crippen molar-refractivity contribution in [2.24, 2.45) is 0 Å². The van der Waals surface area contributed by atoms with Gasteiger partial charge < -0.3 is 10.1 Å². The maximum absolute atomic E-state index is 5.98. The molecule has 1 aromatic heterocycles. The first-order chi connectivity index (χ1) is 9.78. The molecule has 0 aliphatic carbocycles. The van der Waals surface area contributed by atoms with Crippen molar-refractivity contribution in [1.82, 2.24) is 15.1 Å². The van der Waals surface area contributed by atoms with Crippen LogP contribution >= 0.6 is 0 Å². The molecule has 4 nitrogen and oxygen atoms in total. The number of aromatic nitrogens is 2. The molecule has 3 atom stereocenters. The van der Waals surface area contributed by atoms with E-state index in [0.717, 1.165) is 18.5 Å². The van der Waals surface area contributed by atoms with Crippen molar-refractivity contribution in [1.29, 1.82) is 0 Å². The molecule has 0 spiro atoms. The molecule has 0 amide bonds. The predicted molar refractivity (Wildman–Crippen MR) is 78.9 cm³/mol. The van der Waals surface area contributed by atoms with Gasteiger partial charge in [0.05, 0.1) is 30.1 Å². The maximum atomic E-state index is 5.98. The Morgan fingerprint density at radius 1 is 1.30 bits per heavy atom. The Labute approximate surface area is 119 Å². The van der Waals surface area contributed by atoms with Gasteiger partial charge >= 0.3 is 0 Å². The fourth-order valence-corrected chi connectivity index (χ4v) is 2.87. The summed E-state index contributed by atoms with van der Waals surface area (Å²) in [6, 6.07) is 10.4. The van der Waals surface area contributed by atoms with E-state index in [9.17, 15) is 0 Å². The highest BCUT2D eigenvalue weighted by Crippen LogP contribution is 2.29. The van der Waals surface area contributed by atoms with Gasteiger partial charge in [0.2, 0.25) is 0 Å². The van der Waals surface area contributed by atoms with E-state index in [1.165, 1.54) is 5.56 Å². The molecular weight excluding hydrogens is 250 g/mol. The average Bonchev–Trinajstić information content (AvgIpc) is 3.11. The predicted octanol–water partition coefficient (Wildman–Crippen LogP) is 2.70. The second-order valence-electron chi connectivity index (χ2n) is 5.38. The number of rotatable bonds is 4. The number of likely N-dealkylation sites (N-methyl/N-ethyl adjacent to an activating group) is 1. The topological polar surface area (TPSA) is 39.1 Å². The number of nitrogens with one attached hydrogen (secondary N) is 1. The van der Waals surface area contributed by atoms with Gasteiger partial charge in [-0.3, -0.25) is 0 Å². The lowest BCUT2D eigenvalue weighted by atomic mass is 10.0. The van der Waals surface area contributed by atoms with Crippen molar-refractivity contribution in [3.8, 4) is 5.69 Å². The highest BCUT2D eigenvalue weighted by atomic mass is 16.5. The summed E-state index contributed by atoms with van der Waals surface area (Å²) in [6.07, 6.45) is 6.85. The molecule has 0 radical (unpaired) electrons. The number of hydrogen-bond donors (Lipinski definition) is 1. The van der Waals surface area contributed by atoms with Crippen molar-refractivity contribution in [2.45, 2.75) is 38.0 Å². The monoisotopic (exact) mass is 271 g/mol. The van der Waals surface area contributed by atoms with Crippen LogP contribution in [0.25, 0.3) is 5.69 Å². The molecule has 1 aliphatic rings. The lowest BCUT2D eigenvalue weighted by molar-refractivity contribution is 0.0333. The summed E-state index contributed by atoms with van der Waals surface area (Å²) >= 11 is 0. The second-order valence-corrected chi connectivity index (χ2v) is 5.38. The van der Waals surface area contributed by atoms with E-state index >= 15 is 0 Å². The van der Waals surface area contributed by atoms with E-state index in [1.807, 2.05) is 36.1 Å². The van der Waals surface area contributed by atoms with Crippen LogP contribution < -0.4 is 5.32 Å². The normalized spacial score (nSPS) is 23.9. The number of benzene rings is 1. The molecule has 2 aromatic rings. The first-order valence-corrected chi connectivity index (χ1v) is 7.20. The molecule has 1 aliphatic heterocycles. The van der Waals surface area contributed by atoms with Gasteiger partial charge in [0.15, 0.2) is 0 Å². The van der Waals surface area contributed by atoms with Crippen LogP contribution in [0.3, 0.4) is 0 Å². The Hall–Kier alpha value is -1.65. The van der Waals surface area contributed by atoms with Crippen LogP contribution in [0.15, 0.2) is 42.7 Å². The van der Waals surface area contributed by atoms with Crippen molar-refractivity contribution in [3.05, 3.63) is 48.3 Å². The summed E-state index contributed by atoms with van der Waals surface area (Å²) in [5.74, 6) is 0. The third-order valence-electron chi connectivity index (χ3n) is 3.93. The summed E-state index contributed by atoms with van der Waals surface area (Å²) in [7, 11) is 1.98. The van der Waals surface area contributed by atoms with Crippen LogP contribution in [0, 0.1) is 0 Å². The van der Waals surface area contributed by atoms with E-state index in [4.69, 9.17) is 4.74 Å². The largest absolute Gasteiger partial charge is 0.373 e. The molecule has 0 saturated carbocycles. The van der Waals surface area contributed by atoms with Crippen LogP contribution in [-0.2, 0) is 4.74 Å². The first kappa shape index (κ1) is 13.3. The minimum Gasteiger partial charge on any atom is -0.373 e. The number of para-hydroxylation sites is 1. The van der Waals surface area contributed by atoms with Crippen molar-refractivity contribution >= 4 is 0 Å². The summed E-state index contributed by atoms with van der Waals surface area (Å²) in [6.45, 7) is 2.14. The molecule has 1 N–H and O–H groups in total. The van der Waals surface area contributed by atoms with Crippen LogP contribution in [0.1, 0.15) is 31.4 Å². The van der Waals surface area contributed by atoms with Crippen molar-refractivity contribution in [3.63, 3.8) is 0 Å². The van der Waals surface area contributed by atoms with E-state index in [1.54, 1.807) is 0 Å². The molecule has 1 saturated heterocycles.